The summed E-state index contributed by atoms with van der Waals surface area (Å²) in [6.07, 6.45) is 16.6. The van der Waals surface area contributed by atoms with Gasteiger partial charge in [-0.3, -0.25) is 0 Å². The highest BCUT2D eigenvalue weighted by Gasteiger charge is 2.42. The fraction of sp³-hybridized carbons (Fsp3) is 0.571. The number of hydrogen-bond acceptors (Lipinski definition) is 7. The van der Waals surface area contributed by atoms with Crippen LogP contribution in [0.15, 0.2) is 60.9 Å². The van der Waals surface area contributed by atoms with E-state index in [0.29, 0.717) is 36.6 Å². The highest BCUT2D eigenvalue weighted by atomic mass is 19.4. The number of benzene rings is 2. The summed E-state index contributed by atoms with van der Waals surface area (Å²) in [6.45, 7) is 4.95. The lowest BCUT2D eigenvalue weighted by Crippen LogP contribution is -2.33. The molecule has 0 saturated heterocycles. The van der Waals surface area contributed by atoms with Gasteiger partial charge in [0.1, 0.15) is 5.75 Å². The van der Waals surface area contributed by atoms with Crippen molar-refractivity contribution in [3.8, 4) is 22.9 Å². The molecular formula is C42H57F3N2O5. The zero-order valence-corrected chi connectivity index (χ0v) is 31.1. The van der Waals surface area contributed by atoms with Crippen LogP contribution in [0, 0.1) is 0 Å². The fourth-order valence-electron chi connectivity index (χ4n) is 5.85. The Morgan fingerprint density at radius 2 is 1.06 bits per heavy atom. The number of nitrogens with zero attached hydrogens (tertiary/aromatic N) is 2. The second-order valence-corrected chi connectivity index (χ2v) is 13.5. The lowest BCUT2D eigenvalue weighted by molar-refractivity contribution is -0.206. The van der Waals surface area contributed by atoms with E-state index in [1.165, 1.54) is 88.5 Å². The van der Waals surface area contributed by atoms with Crippen molar-refractivity contribution in [2.45, 2.75) is 148 Å². The molecule has 2 aromatic carbocycles. The van der Waals surface area contributed by atoms with Crippen molar-refractivity contribution < 1.29 is 37.0 Å². The molecule has 1 atom stereocenters. The summed E-state index contributed by atoms with van der Waals surface area (Å²) >= 11 is 0. The van der Waals surface area contributed by atoms with E-state index in [-0.39, 0.29) is 23.3 Å². The monoisotopic (exact) mass is 726 g/mol. The molecular weight excluding hydrogens is 669 g/mol. The van der Waals surface area contributed by atoms with Gasteiger partial charge in [0.2, 0.25) is 0 Å². The molecule has 52 heavy (non-hydrogen) atoms. The molecule has 0 N–H and O–H groups in total. The fourth-order valence-corrected chi connectivity index (χ4v) is 5.85. The standard InChI is InChI=1S/C42H57F3N2O5/c1-3-5-7-9-11-12-13-14-15-16-18-20-30-50-37-31-46-39(47-32-37)33-22-24-34(25-23-33)40(48)51-36-28-26-35(27-29-36)41(49)52-38(42(43,44)45)21-19-17-10-8-6-4-2/h22-29,31-32,38H,3-21,30H2,1-2H3/t38-/m1/s1. The first-order valence-corrected chi connectivity index (χ1v) is 19.4. The van der Waals surface area contributed by atoms with Crippen molar-refractivity contribution >= 4 is 11.9 Å². The van der Waals surface area contributed by atoms with Crippen molar-refractivity contribution in [1.29, 1.82) is 0 Å². The van der Waals surface area contributed by atoms with E-state index in [2.05, 4.69) is 23.8 Å². The van der Waals surface area contributed by atoms with E-state index in [1.54, 1.807) is 36.7 Å². The van der Waals surface area contributed by atoms with Crippen LogP contribution in [0.3, 0.4) is 0 Å². The number of carbonyl (C=O) groups excluding carboxylic acids is 2. The molecule has 0 aliphatic carbocycles. The van der Waals surface area contributed by atoms with Gasteiger partial charge in [-0.15, -0.1) is 0 Å². The third-order valence-electron chi connectivity index (χ3n) is 9.01. The minimum absolute atomic E-state index is 0.0675. The van der Waals surface area contributed by atoms with Crippen molar-refractivity contribution in [2.75, 3.05) is 6.61 Å². The van der Waals surface area contributed by atoms with Gasteiger partial charge in [0.15, 0.2) is 17.7 Å². The lowest BCUT2D eigenvalue weighted by atomic mass is 10.1. The van der Waals surface area contributed by atoms with Gasteiger partial charge >= 0.3 is 18.1 Å². The van der Waals surface area contributed by atoms with Crippen LogP contribution in [0.1, 0.15) is 157 Å². The highest BCUT2D eigenvalue weighted by Crippen LogP contribution is 2.29. The lowest BCUT2D eigenvalue weighted by Gasteiger charge is -2.20. The van der Waals surface area contributed by atoms with E-state index >= 15 is 0 Å². The molecule has 0 unspecified atom stereocenters. The molecule has 10 heteroatoms. The summed E-state index contributed by atoms with van der Waals surface area (Å²) in [5.41, 5.74) is 0.917. The van der Waals surface area contributed by atoms with Crippen LogP contribution in [0.4, 0.5) is 13.2 Å². The Balaban J connectivity index is 1.37. The van der Waals surface area contributed by atoms with Gasteiger partial charge in [-0.1, -0.05) is 129 Å². The quantitative estimate of drug-likeness (QED) is 0.0462. The van der Waals surface area contributed by atoms with Crippen molar-refractivity contribution in [3.05, 3.63) is 72.1 Å². The molecule has 0 spiro atoms. The Morgan fingerprint density at radius 3 is 1.58 bits per heavy atom. The largest absolute Gasteiger partial charge is 0.490 e. The number of hydrogen-bond donors (Lipinski definition) is 0. The SMILES string of the molecule is CCCCCCCCCCCCCCOc1cnc(-c2ccc(C(=O)Oc3ccc(C(=O)O[C@H](CCCCCCCC)C(F)(F)F)cc3)cc2)nc1. The number of carbonyl (C=O) groups is 2. The molecule has 3 rings (SSSR count). The molecule has 0 fully saturated rings. The van der Waals surface area contributed by atoms with Crippen LogP contribution in [0.25, 0.3) is 11.4 Å². The van der Waals surface area contributed by atoms with E-state index in [1.807, 2.05) is 0 Å². The van der Waals surface area contributed by atoms with Crippen LogP contribution in [0.2, 0.25) is 0 Å². The zero-order chi connectivity index (χ0) is 37.4. The molecule has 0 aliphatic heterocycles. The summed E-state index contributed by atoms with van der Waals surface area (Å²) in [4.78, 5) is 34.0. The Labute approximate surface area is 308 Å². The molecule has 1 aromatic heterocycles. The minimum atomic E-state index is -4.65. The number of rotatable bonds is 26. The van der Waals surface area contributed by atoms with Crippen LogP contribution in [0.5, 0.6) is 11.5 Å². The van der Waals surface area contributed by atoms with Gasteiger partial charge in [0.05, 0.1) is 30.1 Å². The van der Waals surface area contributed by atoms with Crippen LogP contribution in [-0.2, 0) is 4.74 Å². The number of aromatic nitrogens is 2. The predicted octanol–water partition coefficient (Wildman–Crippen LogP) is 12.3. The summed E-state index contributed by atoms with van der Waals surface area (Å²) in [5, 5.41) is 0. The third kappa shape index (κ3) is 16.6. The van der Waals surface area contributed by atoms with Crippen molar-refractivity contribution in [3.63, 3.8) is 0 Å². The van der Waals surface area contributed by atoms with Crippen molar-refractivity contribution in [1.82, 2.24) is 9.97 Å². The third-order valence-corrected chi connectivity index (χ3v) is 9.01. The van der Waals surface area contributed by atoms with E-state index in [0.717, 1.165) is 38.5 Å². The summed E-state index contributed by atoms with van der Waals surface area (Å²) in [7, 11) is 0. The first kappa shape index (κ1) is 42.5. The second kappa shape index (κ2) is 24.3. The van der Waals surface area contributed by atoms with Crippen LogP contribution in [-0.4, -0.2) is 40.8 Å². The number of halogens is 3. The highest BCUT2D eigenvalue weighted by molar-refractivity contribution is 5.92. The topological polar surface area (TPSA) is 87.6 Å². The summed E-state index contributed by atoms with van der Waals surface area (Å²) in [6, 6.07) is 11.8. The molecule has 7 nitrogen and oxygen atoms in total. The van der Waals surface area contributed by atoms with E-state index in [4.69, 9.17) is 14.2 Å². The average molecular weight is 727 g/mol. The van der Waals surface area contributed by atoms with E-state index < -0.39 is 24.2 Å². The first-order valence-electron chi connectivity index (χ1n) is 19.4. The van der Waals surface area contributed by atoms with Gasteiger partial charge < -0.3 is 14.2 Å². The first-order chi connectivity index (χ1) is 25.2. The number of alkyl halides is 3. The predicted molar refractivity (Wildman–Crippen MR) is 199 cm³/mol. The van der Waals surface area contributed by atoms with Gasteiger partial charge in [-0.25, -0.2) is 19.6 Å². The normalized spacial score (nSPS) is 12.0. The van der Waals surface area contributed by atoms with Gasteiger partial charge in [0.25, 0.3) is 0 Å². The van der Waals surface area contributed by atoms with Gasteiger partial charge in [-0.2, -0.15) is 13.2 Å². The molecule has 0 aliphatic rings. The number of ether oxygens (including phenoxy) is 3. The average Bonchev–Trinajstić information content (AvgIpc) is 3.14. The molecule has 1 heterocycles. The molecule has 286 valence electrons. The molecule has 0 bridgehead atoms. The maximum absolute atomic E-state index is 13.5. The van der Waals surface area contributed by atoms with Crippen LogP contribution < -0.4 is 9.47 Å². The zero-order valence-electron chi connectivity index (χ0n) is 31.1. The minimum Gasteiger partial charge on any atom is -0.490 e. The van der Waals surface area contributed by atoms with Gasteiger partial charge in [0, 0.05) is 5.56 Å². The maximum Gasteiger partial charge on any atom is 0.425 e. The van der Waals surface area contributed by atoms with E-state index in [9.17, 15) is 22.8 Å². The smallest absolute Gasteiger partial charge is 0.425 e. The Hall–Kier alpha value is -3.95. The number of unbranched alkanes of at least 4 members (excludes halogenated alkanes) is 16. The Kier molecular flexibility index (Phi) is 19.9. The molecule has 3 aromatic rings. The molecule has 0 radical (unpaired) electrons. The van der Waals surface area contributed by atoms with Gasteiger partial charge in [-0.05, 0) is 55.7 Å². The summed E-state index contributed by atoms with van der Waals surface area (Å²) < 4.78 is 56.6. The second-order valence-electron chi connectivity index (χ2n) is 13.5. The molecule has 0 saturated carbocycles. The molecule has 0 amide bonds. The van der Waals surface area contributed by atoms with Crippen molar-refractivity contribution in [2.24, 2.45) is 0 Å². The Bertz CT molecular complexity index is 1410. The number of esters is 2. The summed E-state index contributed by atoms with van der Waals surface area (Å²) in [5.74, 6) is -0.490. The van der Waals surface area contributed by atoms with Crippen LogP contribution >= 0.6 is 0 Å². The maximum atomic E-state index is 13.5. The Morgan fingerprint density at radius 1 is 0.596 bits per heavy atom.